The Morgan fingerprint density at radius 2 is 1.75 bits per heavy atom. The third-order valence-electron chi connectivity index (χ3n) is 3.02. The molecule has 0 aliphatic heterocycles. The van der Waals surface area contributed by atoms with Gasteiger partial charge in [-0.25, -0.2) is 9.97 Å². The molecule has 0 saturated heterocycles. The van der Waals surface area contributed by atoms with Crippen LogP contribution >= 0.6 is 0 Å². The summed E-state index contributed by atoms with van der Waals surface area (Å²) in [6, 6.07) is 0. The van der Waals surface area contributed by atoms with Gasteiger partial charge in [0.1, 0.15) is 17.5 Å². The number of hydrogen-bond donors (Lipinski definition) is 3. The molecule has 1 rings (SSSR count). The molecule has 0 bridgehead atoms. The van der Waals surface area contributed by atoms with Gasteiger partial charge in [-0.05, 0) is 20.3 Å². The summed E-state index contributed by atoms with van der Waals surface area (Å²) in [5.74, 6) is 2.43. The summed E-state index contributed by atoms with van der Waals surface area (Å²) < 4.78 is 0. The van der Waals surface area contributed by atoms with Crippen LogP contribution < -0.4 is 10.2 Å². The third kappa shape index (κ3) is 4.31. The van der Waals surface area contributed by atoms with Crippen molar-refractivity contribution in [3.05, 3.63) is 11.4 Å². The molecule has 0 spiro atoms. The fourth-order valence-electron chi connectivity index (χ4n) is 2.10. The lowest BCUT2D eigenvalue weighted by molar-refractivity contribution is 0.280. The Kier molecular flexibility index (Phi) is 7.25. The number of aryl methyl sites for hydroxylation is 1. The Morgan fingerprint density at radius 1 is 1.10 bits per heavy atom. The molecule has 0 radical (unpaired) electrons. The van der Waals surface area contributed by atoms with Crippen molar-refractivity contribution in [2.45, 2.75) is 33.6 Å². The molecule has 1 heterocycles. The average Bonchev–Trinajstić information content (AvgIpc) is 2.42. The maximum absolute atomic E-state index is 9.18. The van der Waals surface area contributed by atoms with Crippen LogP contribution in [0.25, 0.3) is 0 Å². The second-order valence-corrected chi connectivity index (χ2v) is 4.65. The lowest BCUT2D eigenvalue weighted by Crippen LogP contribution is -2.31. The predicted octanol–water partition coefficient (Wildman–Crippen LogP) is 0.960. The Balaban J connectivity index is 3.18. The minimum absolute atomic E-state index is 0.0308. The highest BCUT2D eigenvalue weighted by Crippen LogP contribution is 2.23. The van der Waals surface area contributed by atoms with Gasteiger partial charge in [0.15, 0.2) is 0 Å². The highest BCUT2D eigenvalue weighted by atomic mass is 16.3. The number of nitrogens with zero attached hydrogens (tertiary/aromatic N) is 3. The van der Waals surface area contributed by atoms with Crippen molar-refractivity contribution in [3.63, 3.8) is 0 Å². The molecule has 6 heteroatoms. The van der Waals surface area contributed by atoms with Crippen LogP contribution in [-0.4, -0.2) is 53.0 Å². The number of rotatable bonds is 9. The zero-order valence-electron chi connectivity index (χ0n) is 12.7. The van der Waals surface area contributed by atoms with E-state index in [-0.39, 0.29) is 13.2 Å². The maximum Gasteiger partial charge on any atom is 0.137 e. The van der Waals surface area contributed by atoms with E-state index in [4.69, 9.17) is 0 Å². The summed E-state index contributed by atoms with van der Waals surface area (Å²) in [4.78, 5) is 11.0. The largest absolute Gasteiger partial charge is 0.395 e. The van der Waals surface area contributed by atoms with E-state index >= 15 is 0 Å². The minimum atomic E-state index is 0.0308. The molecule has 0 atom stereocenters. The molecular formula is C14H26N4O2. The van der Waals surface area contributed by atoms with E-state index < -0.39 is 0 Å². The summed E-state index contributed by atoms with van der Waals surface area (Å²) >= 11 is 0. The molecule has 1 aromatic rings. The predicted molar refractivity (Wildman–Crippen MR) is 81.3 cm³/mol. The van der Waals surface area contributed by atoms with Crippen molar-refractivity contribution in [3.8, 4) is 0 Å². The Labute approximate surface area is 120 Å². The first-order valence-electron chi connectivity index (χ1n) is 7.25. The second kappa shape index (κ2) is 8.71. The van der Waals surface area contributed by atoms with Crippen LogP contribution in [0.5, 0.6) is 0 Å². The minimum Gasteiger partial charge on any atom is -0.395 e. The molecule has 6 nitrogen and oxygen atoms in total. The number of anilines is 2. The van der Waals surface area contributed by atoms with E-state index in [1.807, 2.05) is 18.7 Å². The van der Waals surface area contributed by atoms with Crippen LogP contribution in [0.15, 0.2) is 0 Å². The number of aromatic nitrogens is 2. The highest BCUT2D eigenvalue weighted by Gasteiger charge is 2.15. The maximum atomic E-state index is 9.18. The molecule has 3 N–H and O–H groups in total. The van der Waals surface area contributed by atoms with Crippen LogP contribution in [0.1, 0.15) is 31.7 Å². The van der Waals surface area contributed by atoms with Crippen LogP contribution in [0.3, 0.4) is 0 Å². The summed E-state index contributed by atoms with van der Waals surface area (Å²) in [7, 11) is 0. The van der Waals surface area contributed by atoms with E-state index in [9.17, 15) is 10.2 Å². The lowest BCUT2D eigenvalue weighted by Gasteiger charge is -2.25. The standard InChI is InChI=1S/C14H26N4O2/c1-4-6-12-16-13(15-5-2)11(3)14(17-12)18(7-9-19)8-10-20/h19-20H,4-10H2,1-3H3,(H,15,16,17). The first kappa shape index (κ1) is 16.7. The highest BCUT2D eigenvalue weighted by molar-refractivity contribution is 5.58. The fraction of sp³-hybridized carbons (Fsp3) is 0.714. The van der Waals surface area contributed by atoms with Crippen LogP contribution in [-0.2, 0) is 6.42 Å². The summed E-state index contributed by atoms with van der Waals surface area (Å²) in [6.45, 7) is 7.85. The van der Waals surface area contributed by atoms with Gasteiger partial charge in [0, 0.05) is 31.6 Å². The third-order valence-corrected chi connectivity index (χ3v) is 3.02. The number of nitrogens with one attached hydrogen (secondary N) is 1. The summed E-state index contributed by atoms with van der Waals surface area (Å²) in [6.07, 6.45) is 1.80. The van der Waals surface area contributed by atoms with Gasteiger partial charge in [0.2, 0.25) is 0 Å². The van der Waals surface area contributed by atoms with Crippen LogP contribution in [0.4, 0.5) is 11.6 Å². The zero-order chi connectivity index (χ0) is 15.0. The molecule has 20 heavy (non-hydrogen) atoms. The van der Waals surface area contributed by atoms with E-state index in [2.05, 4.69) is 22.2 Å². The van der Waals surface area contributed by atoms with E-state index in [0.717, 1.165) is 42.4 Å². The molecule has 114 valence electrons. The quantitative estimate of drug-likeness (QED) is 0.626. The second-order valence-electron chi connectivity index (χ2n) is 4.65. The molecular weight excluding hydrogens is 256 g/mol. The van der Waals surface area contributed by atoms with E-state index in [1.54, 1.807) is 0 Å². The Bertz CT molecular complexity index is 406. The average molecular weight is 282 g/mol. The molecule has 0 fully saturated rings. The zero-order valence-corrected chi connectivity index (χ0v) is 12.7. The number of hydrogen-bond acceptors (Lipinski definition) is 6. The lowest BCUT2D eigenvalue weighted by atomic mass is 10.2. The van der Waals surface area contributed by atoms with Gasteiger partial charge >= 0.3 is 0 Å². The van der Waals surface area contributed by atoms with Gasteiger partial charge in [0.05, 0.1) is 13.2 Å². The van der Waals surface area contributed by atoms with Gasteiger partial charge in [-0.1, -0.05) is 6.92 Å². The molecule has 0 aromatic carbocycles. The topological polar surface area (TPSA) is 81.5 Å². The number of aliphatic hydroxyl groups is 2. The van der Waals surface area contributed by atoms with Crippen LogP contribution in [0.2, 0.25) is 0 Å². The van der Waals surface area contributed by atoms with E-state index in [0.29, 0.717) is 13.1 Å². The van der Waals surface area contributed by atoms with Gasteiger partial charge in [-0.2, -0.15) is 0 Å². The van der Waals surface area contributed by atoms with Gasteiger partial charge < -0.3 is 20.4 Å². The normalized spacial score (nSPS) is 10.7. The Hall–Kier alpha value is -1.40. The molecule has 0 saturated carbocycles. The monoisotopic (exact) mass is 282 g/mol. The fourth-order valence-corrected chi connectivity index (χ4v) is 2.10. The first-order valence-corrected chi connectivity index (χ1v) is 7.25. The molecule has 0 unspecified atom stereocenters. The van der Waals surface area contributed by atoms with Crippen molar-refractivity contribution in [1.29, 1.82) is 0 Å². The van der Waals surface area contributed by atoms with Crippen molar-refractivity contribution in [2.75, 3.05) is 43.1 Å². The van der Waals surface area contributed by atoms with Gasteiger partial charge in [-0.15, -0.1) is 0 Å². The molecule has 0 aliphatic carbocycles. The smallest absolute Gasteiger partial charge is 0.137 e. The summed E-state index contributed by atoms with van der Waals surface area (Å²) in [5, 5.41) is 21.6. The molecule has 0 amide bonds. The van der Waals surface area contributed by atoms with Crippen molar-refractivity contribution < 1.29 is 10.2 Å². The Morgan fingerprint density at radius 3 is 2.25 bits per heavy atom. The molecule has 1 aromatic heterocycles. The SMILES string of the molecule is CCCc1nc(NCC)c(C)c(N(CCO)CCO)n1. The van der Waals surface area contributed by atoms with Crippen molar-refractivity contribution >= 4 is 11.6 Å². The van der Waals surface area contributed by atoms with Gasteiger partial charge in [0.25, 0.3) is 0 Å². The summed E-state index contributed by atoms with van der Waals surface area (Å²) in [5.41, 5.74) is 0.952. The first-order chi connectivity index (χ1) is 9.67. The molecule has 0 aliphatic rings. The van der Waals surface area contributed by atoms with Gasteiger partial charge in [-0.3, -0.25) is 0 Å². The van der Waals surface area contributed by atoms with Crippen LogP contribution in [0, 0.1) is 6.92 Å². The van der Waals surface area contributed by atoms with Crippen molar-refractivity contribution in [2.24, 2.45) is 0 Å². The van der Waals surface area contributed by atoms with E-state index in [1.165, 1.54) is 0 Å². The van der Waals surface area contributed by atoms with Crippen molar-refractivity contribution in [1.82, 2.24) is 9.97 Å². The number of aliphatic hydroxyl groups excluding tert-OH is 2.